The van der Waals surface area contributed by atoms with Gasteiger partial charge >= 0.3 is 11.9 Å². The standard InChI is InChI=1S/C11H11NO4/c1-7-5-8(3-4-9(13)16-2)6-12-10(7)11(14)15/h3-6H,1-2H3,(H,14,15). The van der Waals surface area contributed by atoms with Crippen molar-refractivity contribution in [2.75, 3.05) is 7.11 Å². The molecule has 5 nitrogen and oxygen atoms in total. The Morgan fingerprint density at radius 2 is 2.19 bits per heavy atom. The van der Waals surface area contributed by atoms with Crippen molar-refractivity contribution >= 4 is 18.0 Å². The first-order valence-electron chi connectivity index (χ1n) is 4.50. The van der Waals surface area contributed by atoms with E-state index in [0.717, 1.165) is 0 Å². The van der Waals surface area contributed by atoms with Crippen molar-refractivity contribution in [3.05, 3.63) is 35.2 Å². The fourth-order valence-electron chi connectivity index (χ4n) is 1.14. The van der Waals surface area contributed by atoms with Crippen LogP contribution in [0.2, 0.25) is 0 Å². The quantitative estimate of drug-likeness (QED) is 0.614. The highest BCUT2D eigenvalue weighted by Gasteiger charge is 2.08. The monoisotopic (exact) mass is 221 g/mol. The van der Waals surface area contributed by atoms with Crippen LogP contribution in [-0.2, 0) is 9.53 Å². The van der Waals surface area contributed by atoms with E-state index in [4.69, 9.17) is 5.11 Å². The highest BCUT2D eigenvalue weighted by Crippen LogP contribution is 2.09. The van der Waals surface area contributed by atoms with Crippen LogP contribution in [0.15, 0.2) is 18.3 Å². The van der Waals surface area contributed by atoms with Gasteiger partial charge in [0.25, 0.3) is 0 Å². The molecular weight excluding hydrogens is 210 g/mol. The SMILES string of the molecule is COC(=O)C=Cc1cnc(C(=O)O)c(C)c1. The molecule has 1 aromatic rings. The van der Waals surface area contributed by atoms with Crippen LogP contribution in [0.25, 0.3) is 6.08 Å². The second kappa shape index (κ2) is 5.06. The Labute approximate surface area is 92.4 Å². The molecule has 0 radical (unpaired) electrons. The van der Waals surface area contributed by atoms with Gasteiger partial charge in [0.2, 0.25) is 0 Å². The summed E-state index contributed by atoms with van der Waals surface area (Å²) in [5.74, 6) is -1.54. The molecule has 0 saturated heterocycles. The molecule has 1 rings (SSSR count). The number of pyridine rings is 1. The number of aryl methyl sites for hydroxylation is 1. The van der Waals surface area contributed by atoms with Crippen LogP contribution in [0.3, 0.4) is 0 Å². The van der Waals surface area contributed by atoms with Crippen molar-refractivity contribution < 1.29 is 19.4 Å². The van der Waals surface area contributed by atoms with Gasteiger partial charge < -0.3 is 9.84 Å². The van der Waals surface area contributed by atoms with E-state index in [1.54, 1.807) is 13.0 Å². The third-order valence-electron chi connectivity index (χ3n) is 1.92. The molecule has 0 aliphatic carbocycles. The van der Waals surface area contributed by atoms with Crippen LogP contribution in [0.5, 0.6) is 0 Å². The summed E-state index contributed by atoms with van der Waals surface area (Å²) in [6.07, 6.45) is 4.14. The molecule has 0 amide bonds. The smallest absolute Gasteiger partial charge is 0.354 e. The van der Waals surface area contributed by atoms with E-state index in [0.29, 0.717) is 11.1 Å². The van der Waals surface area contributed by atoms with Gasteiger partial charge in [-0.3, -0.25) is 0 Å². The normalized spacial score (nSPS) is 10.4. The molecule has 5 heteroatoms. The molecule has 0 aliphatic heterocycles. The Balaban J connectivity index is 2.94. The van der Waals surface area contributed by atoms with Crippen molar-refractivity contribution in [2.45, 2.75) is 6.92 Å². The summed E-state index contributed by atoms with van der Waals surface area (Å²) in [7, 11) is 1.28. The summed E-state index contributed by atoms with van der Waals surface area (Å²) in [4.78, 5) is 25.3. The van der Waals surface area contributed by atoms with Crippen molar-refractivity contribution in [3.8, 4) is 0 Å². The molecule has 84 valence electrons. The molecular formula is C11H11NO4. The maximum absolute atomic E-state index is 10.8. The predicted molar refractivity (Wildman–Crippen MR) is 57.0 cm³/mol. The molecule has 0 bridgehead atoms. The highest BCUT2D eigenvalue weighted by molar-refractivity contribution is 5.88. The first-order chi connectivity index (χ1) is 7.54. The van der Waals surface area contributed by atoms with E-state index in [-0.39, 0.29) is 5.69 Å². The minimum absolute atomic E-state index is 0.00946. The minimum atomic E-state index is -1.07. The number of esters is 1. The molecule has 1 N–H and O–H groups in total. The van der Waals surface area contributed by atoms with Crippen LogP contribution in [0.1, 0.15) is 21.6 Å². The molecule has 1 aromatic heterocycles. The van der Waals surface area contributed by atoms with Gasteiger partial charge in [0, 0.05) is 12.3 Å². The van der Waals surface area contributed by atoms with Gasteiger partial charge in [-0.1, -0.05) is 0 Å². The molecule has 16 heavy (non-hydrogen) atoms. The van der Waals surface area contributed by atoms with E-state index in [2.05, 4.69) is 9.72 Å². The number of carboxylic acid groups (broad SMARTS) is 1. The minimum Gasteiger partial charge on any atom is -0.477 e. The Hall–Kier alpha value is -2.17. The van der Waals surface area contributed by atoms with Gasteiger partial charge in [0.1, 0.15) is 0 Å². The summed E-state index contributed by atoms with van der Waals surface area (Å²) >= 11 is 0. The largest absolute Gasteiger partial charge is 0.477 e. The molecule has 1 heterocycles. The fourth-order valence-corrected chi connectivity index (χ4v) is 1.14. The highest BCUT2D eigenvalue weighted by atomic mass is 16.5. The number of carbonyl (C=O) groups is 2. The lowest BCUT2D eigenvalue weighted by Gasteiger charge is -2.00. The van der Waals surface area contributed by atoms with E-state index >= 15 is 0 Å². The van der Waals surface area contributed by atoms with E-state index < -0.39 is 11.9 Å². The number of nitrogens with zero attached hydrogens (tertiary/aromatic N) is 1. The van der Waals surface area contributed by atoms with Crippen LogP contribution >= 0.6 is 0 Å². The fraction of sp³-hybridized carbons (Fsp3) is 0.182. The molecule has 0 unspecified atom stereocenters. The lowest BCUT2D eigenvalue weighted by molar-refractivity contribution is -0.134. The zero-order valence-corrected chi connectivity index (χ0v) is 8.93. The van der Waals surface area contributed by atoms with Gasteiger partial charge in [-0.2, -0.15) is 0 Å². The molecule has 0 atom stereocenters. The van der Waals surface area contributed by atoms with E-state index in [1.807, 2.05) is 0 Å². The van der Waals surface area contributed by atoms with Crippen LogP contribution in [0, 0.1) is 6.92 Å². The molecule has 0 spiro atoms. The van der Waals surface area contributed by atoms with E-state index in [1.165, 1.54) is 25.5 Å². The Morgan fingerprint density at radius 1 is 1.50 bits per heavy atom. The average molecular weight is 221 g/mol. The number of hydrogen-bond donors (Lipinski definition) is 1. The molecule has 0 aromatic carbocycles. The van der Waals surface area contributed by atoms with Crippen LogP contribution in [-0.4, -0.2) is 29.1 Å². The van der Waals surface area contributed by atoms with Gasteiger partial charge in [-0.15, -0.1) is 0 Å². The Bertz CT molecular complexity index is 451. The zero-order chi connectivity index (χ0) is 12.1. The summed E-state index contributed by atoms with van der Waals surface area (Å²) in [6, 6.07) is 1.63. The number of hydrogen-bond acceptors (Lipinski definition) is 4. The number of ether oxygens (including phenoxy) is 1. The Morgan fingerprint density at radius 3 is 2.69 bits per heavy atom. The van der Waals surface area contributed by atoms with Crippen molar-refractivity contribution in [1.29, 1.82) is 0 Å². The van der Waals surface area contributed by atoms with Gasteiger partial charge in [0.15, 0.2) is 5.69 Å². The zero-order valence-electron chi connectivity index (χ0n) is 8.93. The maximum atomic E-state index is 10.8. The predicted octanol–water partition coefficient (Wildman–Crippen LogP) is 1.27. The van der Waals surface area contributed by atoms with Crippen LogP contribution < -0.4 is 0 Å². The summed E-state index contributed by atoms with van der Waals surface area (Å²) < 4.78 is 4.42. The summed E-state index contributed by atoms with van der Waals surface area (Å²) in [5, 5.41) is 8.76. The van der Waals surface area contributed by atoms with Gasteiger partial charge in [0.05, 0.1) is 7.11 Å². The maximum Gasteiger partial charge on any atom is 0.354 e. The second-order valence-corrected chi connectivity index (χ2v) is 3.10. The number of carboxylic acids is 1. The third-order valence-corrected chi connectivity index (χ3v) is 1.92. The number of methoxy groups -OCH3 is 1. The summed E-state index contributed by atoms with van der Waals surface area (Å²) in [5.41, 5.74) is 1.20. The third kappa shape index (κ3) is 2.91. The molecule has 0 aliphatic rings. The first-order valence-corrected chi connectivity index (χ1v) is 4.50. The average Bonchev–Trinajstić information content (AvgIpc) is 2.25. The topological polar surface area (TPSA) is 76.5 Å². The van der Waals surface area contributed by atoms with Crippen molar-refractivity contribution in [2.24, 2.45) is 0 Å². The second-order valence-electron chi connectivity index (χ2n) is 3.10. The van der Waals surface area contributed by atoms with Gasteiger partial charge in [-0.05, 0) is 30.2 Å². The van der Waals surface area contributed by atoms with Crippen molar-refractivity contribution in [1.82, 2.24) is 4.98 Å². The number of aromatic carboxylic acids is 1. The van der Waals surface area contributed by atoms with Crippen LogP contribution in [0.4, 0.5) is 0 Å². The lowest BCUT2D eigenvalue weighted by Crippen LogP contribution is -2.03. The number of rotatable bonds is 3. The lowest BCUT2D eigenvalue weighted by atomic mass is 10.1. The van der Waals surface area contributed by atoms with Gasteiger partial charge in [-0.25, -0.2) is 14.6 Å². The first kappa shape index (κ1) is 11.9. The number of carbonyl (C=O) groups excluding carboxylic acids is 1. The molecule has 0 fully saturated rings. The van der Waals surface area contributed by atoms with E-state index in [9.17, 15) is 9.59 Å². The van der Waals surface area contributed by atoms with Crippen molar-refractivity contribution in [3.63, 3.8) is 0 Å². The summed E-state index contributed by atoms with van der Waals surface area (Å²) in [6.45, 7) is 1.64. The Kier molecular flexibility index (Phi) is 3.77. The molecule has 0 saturated carbocycles. The number of aromatic nitrogens is 1.